The zero-order valence-electron chi connectivity index (χ0n) is 8.84. The Morgan fingerprint density at radius 2 is 1.92 bits per heavy atom. The van der Waals surface area contributed by atoms with Crippen molar-refractivity contribution < 1.29 is 9.90 Å². The molecule has 0 amide bonds. The third kappa shape index (κ3) is 3.02. The molecule has 1 N–H and O–H groups in total. The monoisotopic (exact) mass is 184 g/mol. The van der Waals surface area contributed by atoms with E-state index in [4.69, 9.17) is 5.11 Å². The van der Waals surface area contributed by atoms with Crippen molar-refractivity contribution in [2.24, 2.45) is 17.3 Å². The molecule has 1 aliphatic rings. The second kappa shape index (κ2) is 3.69. The van der Waals surface area contributed by atoms with Crippen LogP contribution in [0.1, 0.15) is 46.5 Å². The van der Waals surface area contributed by atoms with Gasteiger partial charge < -0.3 is 5.11 Å². The van der Waals surface area contributed by atoms with Gasteiger partial charge in [-0.05, 0) is 37.0 Å². The standard InChI is InChI=1S/C11H20O2/c1-8-4-5-9(10(12)13)7-11(2,3)6-8/h8-9H,4-7H2,1-3H3,(H,12,13). The predicted molar refractivity (Wildman–Crippen MR) is 52.5 cm³/mol. The maximum Gasteiger partial charge on any atom is 0.306 e. The fraction of sp³-hybridized carbons (Fsp3) is 0.909. The summed E-state index contributed by atoms with van der Waals surface area (Å²) in [4.78, 5) is 10.9. The van der Waals surface area contributed by atoms with Crippen LogP contribution in [0.4, 0.5) is 0 Å². The predicted octanol–water partition coefficient (Wildman–Crippen LogP) is 2.92. The van der Waals surface area contributed by atoms with Gasteiger partial charge in [0, 0.05) is 0 Å². The minimum atomic E-state index is -0.609. The summed E-state index contributed by atoms with van der Waals surface area (Å²) in [5.74, 6) is -0.0403. The average molecular weight is 184 g/mol. The van der Waals surface area contributed by atoms with Gasteiger partial charge in [0.2, 0.25) is 0 Å². The summed E-state index contributed by atoms with van der Waals surface area (Å²) in [7, 11) is 0. The van der Waals surface area contributed by atoms with E-state index < -0.39 is 5.97 Å². The summed E-state index contributed by atoms with van der Waals surface area (Å²) >= 11 is 0. The van der Waals surface area contributed by atoms with Crippen LogP contribution in [0.15, 0.2) is 0 Å². The lowest BCUT2D eigenvalue weighted by Crippen LogP contribution is -2.20. The van der Waals surface area contributed by atoms with Gasteiger partial charge in [-0.25, -0.2) is 0 Å². The van der Waals surface area contributed by atoms with Gasteiger partial charge in [0.15, 0.2) is 0 Å². The molecule has 0 aromatic rings. The third-order valence-electron chi connectivity index (χ3n) is 3.06. The molecule has 1 fully saturated rings. The van der Waals surface area contributed by atoms with Crippen molar-refractivity contribution in [3.05, 3.63) is 0 Å². The summed E-state index contributed by atoms with van der Waals surface area (Å²) < 4.78 is 0. The van der Waals surface area contributed by atoms with Crippen LogP contribution < -0.4 is 0 Å². The topological polar surface area (TPSA) is 37.3 Å². The van der Waals surface area contributed by atoms with E-state index in [2.05, 4.69) is 20.8 Å². The van der Waals surface area contributed by atoms with Crippen LogP contribution in [-0.4, -0.2) is 11.1 Å². The van der Waals surface area contributed by atoms with Crippen LogP contribution in [0.25, 0.3) is 0 Å². The SMILES string of the molecule is CC1CCC(C(=O)O)CC(C)(C)C1. The van der Waals surface area contributed by atoms with Crippen molar-refractivity contribution in [2.45, 2.75) is 46.5 Å². The molecule has 2 atom stereocenters. The molecule has 0 saturated heterocycles. The maximum atomic E-state index is 10.9. The smallest absolute Gasteiger partial charge is 0.306 e. The van der Waals surface area contributed by atoms with Crippen LogP contribution in [0.3, 0.4) is 0 Å². The van der Waals surface area contributed by atoms with E-state index >= 15 is 0 Å². The molecule has 1 rings (SSSR count). The zero-order valence-corrected chi connectivity index (χ0v) is 8.84. The summed E-state index contributed by atoms with van der Waals surface area (Å²) in [5.41, 5.74) is 0.207. The van der Waals surface area contributed by atoms with E-state index in [-0.39, 0.29) is 11.3 Å². The van der Waals surface area contributed by atoms with Crippen molar-refractivity contribution in [3.8, 4) is 0 Å². The largest absolute Gasteiger partial charge is 0.481 e. The molecule has 0 bridgehead atoms. The zero-order chi connectivity index (χ0) is 10.1. The molecule has 13 heavy (non-hydrogen) atoms. The van der Waals surface area contributed by atoms with E-state index in [9.17, 15) is 4.79 Å². The highest BCUT2D eigenvalue weighted by Gasteiger charge is 2.32. The van der Waals surface area contributed by atoms with Gasteiger partial charge in [0.1, 0.15) is 0 Å². The molecule has 0 heterocycles. The number of carbonyl (C=O) groups is 1. The van der Waals surface area contributed by atoms with Crippen molar-refractivity contribution in [2.75, 3.05) is 0 Å². The van der Waals surface area contributed by atoms with Crippen LogP contribution in [0, 0.1) is 17.3 Å². The molecule has 1 aliphatic carbocycles. The van der Waals surface area contributed by atoms with Crippen LogP contribution in [-0.2, 0) is 4.79 Å². The average Bonchev–Trinajstić information content (AvgIpc) is 2.07. The van der Waals surface area contributed by atoms with Crippen LogP contribution in [0.2, 0.25) is 0 Å². The quantitative estimate of drug-likeness (QED) is 0.636. The third-order valence-corrected chi connectivity index (χ3v) is 3.06. The summed E-state index contributed by atoms with van der Waals surface area (Å²) in [6.45, 7) is 6.60. The Bertz CT molecular complexity index is 196. The molecule has 2 unspecified atom stereocenters. The van der Waals surface area contributed by atoms with Gasteiger partial charge in [0.25, 0.3) is 0 Å². The molecular weight excluding hydrogens is 164 g/mol. The highest BCUT2D eigenvalue weighted by molar-refractivity contribution is 5.70. The van der Waals surface area contributed by atoms with Crippen molar-refractivity contribution >= 4 is 5.97 Å². The Kier molecular flexibility index (Phi) is 2.99. The summed E-state index contributed by atoms with van der Waals surface area (Å²) in [6.07, 6.45) is 3.93. The normalized spacial score (nSPS) is 33.8. The second-order valence-electron chi connectivity index (χ2n) is 5.29. The fourth-order valence-electron chi connectivity index (χ4n) is 2.59. The van der Waals surface area contributed by atoms with E-state index in [1.165, 1.54) is 0 Å². The second-order valence-corrected chi connectivity index (χ2v) is 5.29. The molecule has 2 heteroatoms. The minimum absolute atomic E-state index is 0.111. The first-order chi connectivity index (χ1) is 5.91. The molecule has 0 spiro atoms. The van der Waals surface area contributed by atoms with E-state index in [1.807, 2.05) is 0 Å². The Morgan fingerprint density at radius 1 is 1.31 bits per heavy atom. The summed E-state index contributed by atoms with van der Waals surface area (Å²) in [5, 5.41) is 8.98. The molecule has 0 aliphatic heterocycles. The van der Waals surface area contributed by atoms with Crippen molar-refractivity contribution in [1.29, 1.82) is 0 Å². The Hall–Kier alpha value is -0.530. The van der Waals surface area contributed by atoms with E-state index in [0.717, 1.165) is 25.7 Å². The van der Waals surface area contributed by atoms with Gasteiger partial charge in [-0.15, -0.1) is 0 Å². The van der Waals surface area contributed by atoms with E-state index in [0.29, 0.717) is 5.92 Å². The Balaban J connectivity index is 2.67. The highest BCUT2D eigenvalue weighted by atomic mass is 16.4. The number of carboxylic acid groups (broad SMARTS) is 1. The number of hydrogen-bond donors (Lipinski definition) is 1. The molecule has 2 nitrogen and oxygen atoms in total. The van der Waals surface area contributed by atoms with Gasteiger partial charge in [-0.2, -0.15) is 0 Å². The Labute approximate surface area is 80.3 Å². The lowest BCUT2D eigenvalue weighted by molar-refractivity contribution is -0.142. The fourth-order valence-corrected chi connectivity index (χ4v) is 2.59. The Morgan fingerprint density at radius 3 is 2.46 bits per heavy atom. The van der Waals surface area contributed by atoms with Gasteiger partial charge in [-0.1, -0.05) is 20.8 Å². The van der Waals surface area contributed by atoms with Gasteiger partial charge >= 0.3 is 5.97 Å². The van der Waals surface area contributed by atoms with Gasteiger partial charge in [0.05, 0.1) is 5.92 Å². The summed E-state index contributed by atoms with van der Waals surface area (Å²) in [6, 6.07) is 0. The molecule has 1 saturated carbocycles. The van der Waals surface area contributed by atoms with Crippen LogP contribution in [0.5, 0.6) is 0 Å². The van der Waals surface area contributed by atoms with E-state index in [1.54, 1.807) is 0 Å². The molecule has 0 aromatic heterocycles. The first-order valence-electron chi connectivity index (χ1n) is 5.13. The molecule has 0 aromatic carbocycles. The molecular formula is C11H20O2. The van der Waals surface area contributed by atoms with Crippen LogP contribution >= 0.6 is 0 Å². The number of aliphatic carboxylic acids is 1. The van der Waals surface area contributed by atoms with Crippen molar-refractivity contribution in [3.63, 3.8) is 0 Å². The number of carboxylic acids is 1. The lowest BCUT2D eigenvalue weighted by Gasteiger charge is -2.26. The van der Waals surface area contributed by atoms with Gasteiger partial charge in [-0.3, -0.25) is 4.79 Å². The van der Waals surface area contributed by atoms with Crippen molar-refractivity contribution in [1.82, 2.24) is 0 Å². The lowest BCUT2D eigenvalue weighted by atomic mass is 9.79. The molecule has 76 valence electrons. The highest BCUT2D eigenvalue weighted by Crippen LogP contribution is 2.39. The minimum Gasteiger partial charge on any atom is -0.481 e. The number of hydrogen-bond acceptors (Lipinski definition) is 1. The molecule has 0 radical (unpaired) electrons. The first-order valence-corrected chi connectivity index (χ1v) is 5.13. The number of rotatable bonds is 1. The maximum absolute atomic E-state index is 10.9. The first kappa shape index (κ1) is 10.6.